The van der Waals surface area contributed by atoms with E-state index in [1.54, 1.807) is 0 Å². The Hall–Kier alpha value is -0.780. The van der Waals surface area contributed by atoms with Crippen LogP contribution in [-0.4, -0.2) is 30.4 Å². The quantitative estimate of drug-likeness (QED) is 0.386. The molecule has 0 heterocycles. The van der Waals surface area contributed by atoms with E-state index in [0.29, 0.717) is 16.7 Å². The summed E-state index contributed by atoms with van der Waals surface area (Å²) in [6.07, 6.45) is 17.2. The molecule has 0 aromatic rings. The number of allylic oxidation sites excluding steroid dienone is 6. The van der Waals surface area contributed by atoms with E-state index in [9.17, 15) is 0 Å². The summed E-state index contributed by atoms with van der Waals surface area (Å²) in [4.78, 5) is 2.74. The minimum Gasteiger partial charge on any atom is -0.309 e. The molecular formula is C22H32BrN. The van der Waals surface area contributed by atoms with Crippen LogP contribution in [0.1, 0.15) is 46.0 Å². The van der Waals surface area contributed by atoms with Gasteiger partial charge in [0.15, 0.2) is 0 Å². The average Bonchev–Trinajstić information content (AvgIpc) is 2.56. The number of nitrogens with zero attached hydrogens (tertiary/aromatic N) is 1. The van der Waals surface area contributed by atoms with Gasteiger partial charge in [-0.2, -0.15) is 0 Å². The van der Waals surface area contributed by atoms with Crippen LogP contribution in [-0.2, 0) is 0 Å². The van der Waals surface area contributed by atoms with Crippen molar-refractivity contribution >= 4 is 15.9 Å². The fourth-order valence-corrected chi connectivity index (χ4v) is 4.29. The van der Waals surface area contributed by atoms with Gasteiger partial charge in [0.05, 0.1) is 0 Å². The van der Waals surface area contributed by atoms with E-state index in [-0.39, 0.29) is 5.41 Å². The fraction of sp³-hybridized carbons (Fsp3) is 0.636. The van der Waals surface area contributed by atoms with Crippen molar-refractivity contribution in [1.29, 1.82) is 0 Å². The number of hydrogen-bond donors (Lipinski definition) is 0. The highest BCUT2D eigenvalue weighted by Gasteiger charge is 2.33. The molecule has 0 radical (unpaired) electrons. The third-order valence-electron chi connectivity index (χ3n) is 5.36. The maximum absolute atomic E-state index is 3.88. The summed E-state index contributed by atoms with van der Waals surface area (Å²) in [5, 5.41) is 0. The van der Waals surface area contributed by atoms with Crippen molar-refractivity contribution in [2.24, 2.45) is 17.3 Å². The van der Waals surface area contributed by atoms with Crippen molar-refractivity contribution < 1.29 is 0 Å². The Morgan fingerprint density at radius 3 is 2.83 bits per heavy atom. The molecule has 2 aliphatic rings. The highest BCUT2D eigenvalue weighted by atomic mass is 79.9. The van der Waals surface area contributed by atoms with Crippen LogP contribution in [0.4, 0.5) is 0 Å². The SMILES string of the molecule is CCC1=CC#CC(CC(CCN(C)C)CC2(C)C=CC=CC2Br)C1. The molecule has 0 aromatic carbocycles. The van der Waals surface area contributed by atoms with Crippen molar-refractivity contribution in [1.82, 2.24) is 4.90 Å². The molecule has 1 nitrogen and oxygen atoms in total. The molecule has 0 fully saturated rings. The minimum atomic E-state index is 0.206. The molecule has 2 rings (SSSR count). The molecule has 0 saturated carbocycles. The van der Waals surface area contributed by atoms with Crippen molar-refractivity contribution in [2.75, 3.05) is 20.6 Å². The van der Waals surface area contributed by atoms with Gasteiger partial charge in [-0.3, -0.25) is 0 Å². The van der Waals surface area contributed by atoms with E-state index in [1.165, 1.54) is 31.3 Å². The predicted octanol–water partition coefficient (Wildman–Crippen LogP) is 5.59. The summed E-state index contributed by atoms with van der Waals surface area (Å²) in [6, 6.07) is 0. The van der Waals surface area contributed by atoms with Gasteiger partial charge >= 0.3 is 0 Å². The second kappa shape index (κ2) is 9.07. The molecule has 0 aliphatic heterocycles. The fourth-order valence-electron chi connectivity index (χ4n) is 3.77. The van der Waals surface area contributed by atoms with Gasteiger partial charge in [-0.1, -0.05) is 71.5 Å². The van der Waals surface area contributed by atoms with Crippen LogP contribution >= 0.6 is 15.9 Å². The molecule has 2 aliphatic carbocycles. The van der Waals surface area contributed by atoms with E-state index >= 15 is 0 Å². The van der Waals surface area contributed by atoms with E-state index < -0.39 is 0 Å². The van der Waals surface area contributed by atoms with Crippen molar-refractivity contribution in [3.8, 4) is 11.8 Å². The van der Waals surface area contributed by atoms with Crippen LogP contribution in [0.2, 0.25) is 0 Å². The summed E-state index contributed by atoms with van der Waals surface area (Å²) in [5.41, 5.74) is 1.73. The maximum Gasteiger partial charge on any atom is 0.0416 e. The van der Waals surface area contributed by atoms with E-state index in [2.05, 4.69) is 91.0 Å². The molecular weight excluding hydrogens is 358 g/mol. The van der Waals surface area contributed by atoms with Crippen LogP contribution in [0.25, 0.3) is 0 Å². The molecule has 2 heteroatoms. The highest BCUT2D eigenvalue weighted by molar-refractivity contribution is 9.09. The van der Waals surface area contributed by atoms with Crippen LogP contribution < -0.4 is 0 Å². The first-order valence-corrected chi connectivity index (χ1v) is 10.2. The van der Waals surface area contributed by atoms with Gasteiger partial charge in [0.1, 0.15) is 0 Å². The monoisotopic (exact) mass is 389 g/mol. The first-order valence-electron chi connectivity index (χ1n) is 9.26. The smallest absolute Gasteiger partial charge is 0.0416 e. The number of halogens is 1. The first-order chi connectivity index (χ1) is 11.4. The molecule has 0 saturated heterocycles. The molecule has 0 N–H and O–H groups in total. The zero-order chi connectivity index (χ0) is 17.6. The molecule has 4 atom stereocenters. The lowest BCUT2D eigenvalue weighted by molar-refractivity contribution is 0.246. The van der Waals surface area contributed by atoms with Gasteiger partial charge in [-0.25, -0.2) is 0 Å². The van der Waals surface area contributed by atoms with Gasteiger partial charge < -0.3 is 4.90 Å². The zero-order valence-electron chi connectivity index (χ0n) is 15.7. The number of rotatable bonds is 8. The van der Waals surface area contributed by atoms with Gasteiger partial charge in [0.25, 0.3) is 0 Å². The molecule has 24 heavy (non-hydrogen) atoms. The summed E-state index contributed by atoms with van der Waals surface area (Å²) < 4.78 is 0. The first kappa shape index (κ1) is 19.5. The lowest BCUT2D eigenvalue weighted by Crippen LogP contribution is -2.30. The summed E-state index contributed by atoms with van der Waals surface area (Å²) >= 11 is 3.88. The zero-order valence-corrected chi connectivity index (χ0v) is 17.3. The van der Waals surface area contributed by atoms with Crippen LogP contribution in [0.5, 0.6) is 0 Å². The van der Waals surface area contributed by atoms with Crippen molar-refractivity contribution in [2.45, 2.75) is 50.8 Å². The van der Waals surface area contributed by atoms with Crippen LogP contribution in [0.15, 0.2) is 36.0 Å². The molecule has 0 spiro atoms. The topological polar surface area (TPSA) is 3.24 Å². The van der Waals surface area contributed by atoms with Gasteiger partial charge in [-0.15, -0.1) is 0 Å². The number of hydrogen-bond acceptors (Lipinski definition) is 1. The molecule has 0 amide bonds. The normalized spacial score (nSPS) is 30.0. The van der Waals surface area contributed by atoms with Crippen molar-refractivity contribution in [3.63, 3.8) is 0 Å². The van der Waals surface area contributed by atoms with Gasteiger partial charge in [0, 0.05) is 16.2 Å². The maximum atomic E-state index is 3.88. The Labute approximate surface area is 157 Å². The van der Waals surface area contributed by atoms with E-state index in [1.807, 2.05) is 0 Å². The average molecular weight is 390 g/mol. The Bertz CT molecular complexity index is 560. The van der Waals surface area contributed by atoms with Crippen molar-refractivity contribution in [3.05, 3.63) is 36.0 Å². The minimum absolute atomic E-state index is 0.206. The van der Waals surface area contributed by atoms with E-state index in [0.717, 1.165) is 13.0 Å². The van der Waals surface area contributed by atoms with Gasteiger partial charge in [0.2, 0.25) is 0 Å². The standard InChI is InChI=1S/C22H32BrN/c1-5-18-9-8-10-19(15-18)16-20(12-14-24(3)4)17-22(2)13-7-6-11-21(22)23/h6-7,9,11,13,19-21H,5,12,14-17H2,1-4H3. The summed E-state index contributed by atoms with van der Waals surface area (Å²) in [5.74, 6) is 8.00. The molecule has 4 unspecified atom stereocenters. The second-order valence-electron chi connectivity index (χ2n) is 7.90. The Morgan fingerprint density at radius 2 is 2.17 bits per heavy atom. The molecule has 0 bridgehead atoms. The second-order valence-corrected chi connectivity index (χ2v) is 8.88. The summed E-state index contributed by atoms with van der Waals surface area (Å²) in [7, 11) is 4.35. The predicted molar refractivity (Wildman–Crippen MR) is 109 cm³/mol. The van der Waals surface area contributed by atoms with Crippen LogP contribution in [0, 0.1) is 29.1 Å². The van der Waals surface area contributed by atoms with Gasteiger partial charge in [-0.05, 0) is 64.7 Å². The lowest BCUT2D eigenvalue weighted by atomic mass is 9.72. The van der Waals surface area contributed by atoms with E-state index in [4.69, 9.17) is 0 Å². The Balaban J connectivity index is 2.03. The third kappa shape index (κ3) is 5.64. The number of alkyl halides is 1. The summed E-state index contributed by atoms with van der Waals surface area (Å²) in [6.45, 7) is 5.79. The largest absolute Gasteiger partial charge is 0.309 e. The lowest BCUT2D eigenvalue weighted by Gasteiger charge is -2.36. The molecule has 132 valence electrons. The molecule has 0 aromatic heterocycles. The Kier molecular flexibility index (Phi) is 7.38. The third-order valence-corrected chi connectivity index (χ3v) is 6.71. The van der Waals surface area contributed by atoms with Crippen LogP contribution in [0.3, 0.4) is 0 Å². The highest BCUT2D eigenvalue weighted by Crippen LogP contribution is 2.41. The Morgan fingerprint density at radius 1 is 1.38 bits per heavy atom.